The van der Waals surface area contributed by atoms with Gasteiger partial charge in [-0.25, -0.2) is 9.78 Å². The predicted molar refractivity (Wildman–Crippen MR) is 112 cm³/mol. The van der Waals surface area contributed by atoms with Gasteiger partial charge in [0, 0.05) is 31.2 Å². The molecule has 0 unspecified atom stereocenters. The topological polar surface area (TPSA) is 77.4 Å². The van der Waals surface area contributed by atoms with Crippen LogP contribution in [-0.4, -0.2) is 29.2 Å². The Kier molecular flexibility index (Phi) is 7.65. The summed E-state index contributed by atoms with van der Waals surface area (Å²) in [4.78, 5) is 16.0. The number of hydrogen-bond acceptors (Lipinski definition) is 4. The van der Waals surface area contributed by atoms with E-state index in [-0.39, 0.29) is 6.03 Å². The number of urea groups is 1. The molecule has 2 aromatic carbocycles. The maximum atomic E-state index is 12.1. The highest BCUT2D eigenvalue weighted by atomic mass is 16.5. The van der Waals surface area contributed by atoms with Gasteiger partial charge in [-0.05, 0) is 41.8 Å². The molecule has 1 aromatic heterocycles. The number of aromatic nitrogens is 2. The number of carbonyl (C=O) groups excluding carboxylic acids is 1. The van der Waals surface area contributed by atoms with Crippen LogP contribution in [0, 0.1) is 0 Å². The Bertz CT molecular complexity index is 879. The van der Waals surface area contributed by atoms with E-state index in [2.05, 4.69) is 15.6 Å². The van der Waals surface area contributed by atoms with Gasteiger partial charge >= 0.3 is 6.03 Å². The molecule has 7 nitrogen and oxygen atoms in total. The molecule has 1 heterocycles. The highest BCUT2D eigenvalue weighted by Crippen LogP contribution is 2.14. The van der Waals surface area contributed by atoms with Crippen molar-refractivity contribution < 1.29 is 14.3 Å². The van der Waals surface area contributed by atoms with Crippen LogP contribution in [0.5, 0.6) is 5.75 Å². The van der Waals surface area contributed by atoms with Crippen molar-refractivity contribution in [1.82, 2.24) is 14.9 Å². The molecule has 0 saturated heterocycles. The fourth-order valence-electron chi connectivity index (χ4n) is 2.81. The van der Waals surface area contributed by atoms with Crippen LogP contribution in [0.2, 0.25) is 0 Å². The molecular formula is C22H26N4O3. The molecule has 29 heavy (non-hydrogen) atoms. The second-order valence-electron chi connectivity index (χ2n) is 6.58. The van der Waals surface area contributed by atoms with Crippen molar-refractivity contribution in [1.29, 1.82) is 0 Å². The van der Waals surface area contributed by atoms with Crippen LogP contribution in [-0.2, 0) is 24.5 Å². The first kappa shape index (κ1) is 20.4. The van der Waals surface area contributed by atoms with Crippen molar-refractivity contribution in [3.8, 4) is 5.75 Å². The van der Waals surface area contributed by atoms with Crippen LogP contribution in [0.1, 0.15) is 17.5 Å². The molecular weight excluding hydrogens is 368 g/mol. The fourth-order valence-corrected chi connectivity index (χ4v) is 2.81. The lowest BCUT2D eigenvalue weighted by molar-refractivity contribution is 0.107. The number of rotatable bonds is 10. The van der Waals surface area contributed by atoms with Gasteiger partial charge in [-0.3, -0.25) is 0 Å². The van der Waals surface area contributed by atoms with Crippen molar-refractivity contribution >= 4 is 11.7 Å². The number of anilines is 1. The highest BCUT2D eigenvalue weighted by Gasteiger charge is 2.03. The van der Waals surface area contributed by atoms with Crippen LogP contribution >= 0.6 is 0 Å². The largest absolute Gasteiger partial charge is 0.497 e. The lowest BCUT2D eigenvalue weighted by atomic mass is 10.2. The van der Waals surface area contributed by atoms with Gasteiger partial charge in [-0.1, -0.05) is 24.3 Å². The first-order chi connectivity index (χ1) is 14.2. The van der Waals surface area contributed by atoms with Gasteiger partial charge in [0.25, 0.3) is 0 Å². The van der Waals surface area contributed by atoms with Crippen molar-refractivity contribution in [2.75, 3.05) is 19.0 Å². The van der Waals surface area contributed by atoms with Crippen molar-refractivity contribution in [2.24, 2.45) is 0 Å². The van der Waals surface area contributed by atoms with Crippen LogP contribution in [0.3, 0.4) is 0 Å². The molecule has 0 bridgehead atoms. The standard InChI is InChI=1S/C22H26N4O3/c1-28-21-8-6-18(7-9-21)15-29-16-19-4-2-5-20(14-19)25-22(27)24-10-3-12-26-13-11-23-17-26/h2,4-9,11,13-14,17H,3,10,12,15-16H2,1H3,(H2,24,25,27). The highest BCUT2D eigenvalue weighted by molar-refractivity contribution is 5.89. The van der Waals surface area contributed by atoms with Gasteiger partial charge in [-0.2, -0.15) is 0 Å². The van der Waals surface area contributed by atoms with Crippen molar-refractivity contribution in [3.63, 3.8) is 0 Å². The number of aryl methyl sites for hydroxylation is 1. The zero-order valence-corrected chi connectivity index (χ0v) is 16.5. The molecule has 152 valence electrons. The minimum atomic E-state index is -0.216. The third kappa shape index (κ3) is 6.97. The van der Waals surface area contributed by atoms with E-state index in [0.29, 0.717) is 19.8 Å². The molecule has 3 rings (SSSR count). The predicted octanol–water partition coefficient (Wildman–Crippen LogP) is 3.82. The Morgan fingerprint density at radius 3 is 2.69 bits per heavy atom. The molecule has 2 N–H and O–H groups in total. The molecule has 0 aliphatic heterocycles. The number of amides is 2. The van der Waals surface area contributed by atoms with Gasteiger partial charge in [0.1, 0.15) is 5.75 Å². The number of nitrogens with one attached hydrogen (secondary N) is 2. The fraction of sp³-hybridized carbons (Fsp3) is 0.273. The Labute approximate surface area is 170 Å². The summed E-state index contributed by atoms with van der Waals surface area (Å²) in [6.45, 7) is 2.39. The van der Waals surface area contributed by atoms with E-state index < -0.39 is 0 Å². The quantitative estimate of drug-likeness (QED) is 0.513. The van der Waals surface area contributed by atoms with E-state index >= 15 is 0 Å². The molecule has 3 aromatic rings. The summed E-state index contributed by atoms with van der Waals surface area (Å²) < 4.78 is 12.9. The molecule has 2 amide bonds. The number of ether oxygens (including phenoxy) is 2. The van der Waals surface area contributed by atoms with E-state index in [9.17, 15) is 4.79 Å². The summed E-state index contributed by atoms with van der Waals surface area (Å²) >= 11 is 0. The summed E-state index contributed by atoms with van der Waals surface area (Å²) in [6, 6.07) is 15.2. The molecule has 0 spiro atoms. The second kappa shape index (κ2) is 10.9. The molecule has 7 heteroatoms. The van der Waals surface area contributed by atoms with Gasteiger partial charge in [-0.15, -0.1) is 0 Å². The summed E-state index contributed by atoms with van der Waals surface area (Å²) in [5, 5.41) is 5.72. The van der Waals surface area contributed by atoms with Crippen LogP contribution < -0.4 is 15.4 Å². The normalized spacial score (nSPS) is 10.5. The summed E-state index contributed by atoms with van der Waals surface area (Å²) in [5.74, 6) is 0.826. The maximum Gasteiger partial charge on any atom is 0.319 e. The number of benzene rings is 2. The third-order valence-corrected chi connectivity index (χ3v) is 4.32. The zero-order chi connectivity index (χ0) is 20.3. The lowest BCUT2D eigenvalue weighted by Gasteiger charge is -2.10. The van der Waals surface area contributed by atoms with E-state index in [4.69, 9.17) is 9.47 Å². The molecule has 0 fully saturated rings. The molecule has 0 atom stereocenters. The number of nitrogens with zero attached hydrogens (tertiary/aromatic N) is 2. The number of imidazole rings is 1. The zero-order valence-electron chi connectivity index (χ0n) is 16.5. The average molecular weight is 394 g/mol. The third-order valence-electron chi connectivity index (χ3n) is 4.32. The molecule has 0 aliphatic rings. The van der Waals surface area contributed by atoms with Gasteiger partial charge < -0.3 is 24.7 Å². The first-order valence-electron chi connectivity index (χ1n) is 9.53. The van der Waals surface area contributed by atoms with E-state index in [1.54, 1.807) is 19.6 Å². The second-order valence-corrected chi connectivity index (χ2v) is 6.58. The monoisotopic (exact) mass is 394 g/mol. The summed E-state index contributed by atoms with van der Waals surface area (Å²) in [5.41, 5.74) is 2.81. The van der Waals surface area contributed by atoms with E-state index in [1.165, 1.54) is 0 Å². The first-order valence-corrected chi connectivity index (χ1v) is 9.53. The average Bonchev–Trinajstić information content (AvgIpc) is 3.26. The van der Waals surface area contributed by atoms with Gasteiger partial charge in [0.15, 0.2) is 0 Å². The molecule has 0 aliphatic carbocycles. The Hall–Kier alpha value is -3.32. The van der Waals surface area contributed by atoms with Crippen molar-refractivity contribution in [2.45, 2.75) is 26.2 Å². The van der Waals surface area contributed by atoms with Crippen molar-refractivity contribution in [3.05, 3.63) is 78.4 Å². The van der Waals surface area contributed by atoms with E-state index in [0.717, 1.165) is 35.5 Å². The summed E-state index contributed by atoms with van der Waals surface area (Å²) in [7, 11) is 1.65. The lowest BCUT2D eigenvalue weighted by Crippen LogP contribution is -2.30. The Morgan fingerprint density at radius 1 is 1.10 bits per heavy atom. The minimum Gasteiger partial charge on any atom is -0.497 e. The van der Waals surface area contributed by atoms with Crippen LogP contribution in [0.15, 0.2) is 67.3 Å². The van der Waals surface area contributed by atoms with Gasteiger partial charge in [0.2, 0.25) is 0 Å². The van der Waals surface area contributed by atoms with Gasteiger partial charge in [0.05, 0.1) is 26.7 Å². The smallest absolute Gasteiger partial charge is 0.319 e. The Morgan fingerprint density at radius 2 is 1.93 bits per heavy atom. The van der Waals surface area contributed by atoms with E-state index in [1.807, 2.05) is 59.3 Å². The summed E-state index contributed by atoms with van der Waals surface area (Å²) in [6.07, 6.45) is 6.25. The number of carbonyl (C=O) groups is 1. The minimum absolute atomic E-state index is 0.216. The SMILES string of the molecule is COc1ccc(COCc2cccc(NC(=O)NCCCn3ccnc3)c2)cc1. The number of methoxy groups -OCH3 is 1. The molecule has 0 saturated carbocycles. The Balaban J connectivity index is 1.38. The maximum absolute atomic E-state index is 12.1. The molecule has 0 radical (unpaired) electrons. The van der Waals surface area contributed by atoms with Crippen LogP contribution in [0.4, 0.5) is 10.5 Å². The van der Waals surface area contributed by atoms with Crippen LogP contribution in [0.25, 0.3) is 0 Å². The number of hydrogen-bond donors (Lipinski definition) is 2.